The Balaban J connectivity index is 1.28. The number of sulfonamides is 1. The molecule has 1 heterocycles. The van der Waals surface area contributed by atoms with Crippen LogP contribution in [-0.4, -0.2) is 34.1 Å². The SMILES string of the molecule is Cc1ccc(S(=O)(=O)N(Cc2ccccc2)c2ccc(OCC(=O)Nc3ccc4c(c3)OCCO4)cc2)cc1. The molecule has 200 valence electrons. The van der Waals surface area contributed by atoms with Crippen molar-refractivity contribution >= 4 is 27.3 Å². The Kier molecular flexibility index (Phi) is 7.69. The zero-order chi connectivity index (χ0) is 27.2. The fourth-order valence-corrected chi connectivity index (χ4v) is 5.53. The average Bonchev–Trinajstić information content (AvgIpc) is 2.96. The van der Waals surface area contributed by atoms with E-state index in [1.165, 1.54) is 4.31 Å². The molecular formula is C30H28N2O6S. The van der Waals surface area contributed by atoms with E-state index in [0.717, 1.165) is 11.1 Å². The van der Waals surface area contributed by atoms with Gasteiger partial charge in [-0.3, -0.25) is 9.10 Å². The lowest BCUT2D eigenvalue weighted by Gasteiger charge is -2.25. The van der Waals surface area contributed by atoms with E-state index in [4.69, 9.17) is 14.2 Å². The summed E-state index contributed by atoms with van der Waals surface area (Å²) in [6, 6.07) is 28.0. The van der Waals surface area contributed by atoms with Crippen LogP contribution in [0.4, 0.5) is 11.4 Å². The molecule has 0 fully saturated rings. The lowest BCUT2D eigenvalue weighted by molar-refractivity contribution is -0.118. The maximum atomic E-state index is 13.6. The zero-order valence-corrected chi connectivity index (χ0v) is 22.2. The number of benzene rings is 4. The normalized spacial score (nSPS) is 12.4. The summed E-state index contributed by atoms with van der Waals surface area (Å²) in [5.41, 5.74) is 2.88. The van der Waals surface area contributed by atoms with Crippen LogP contribution in [0, 0.1) is 6.92 Å². The van der Waals surface area contributed by atoms with Gasteiger partial charge >= 0.3 is 0 Å². The van der Waals surface area contributed by atoms with Crippen molar-refractivity contribution in [3.8, 4) is 17.2 Å². The molecule has 1 amide bonds. The van der Waals surface area contributed by atoms with Crippen molar-refractivity contribution in [2.24, 2.45) is 0 Å². The van der Waals surface area contributed by atoms with E-state index >= 15 is 0 Å². The molecule has 0 spiro atoms. The zero-order valence-electron chi connectivity index (χ0n) is 21.4. The van der Waals surface area contributed by atoms with Crippen molar-refractivity contribution in [2.45, 2.75) is 18.4 Å². The van der Waals surface area contributed by atoms with Gasteiger partial charge in [-0.05, 0) is 61.0 Å². The van der Waals surface area contributed by atoms with Crippen molar-refractivity contribution < 1.29 is 27.4 Å². The van der Waals surface area contributed by atoms with E-state index in [0.29, 0.717) is 41.8 Å². The third-order valence-corrected chi connectivity index (χ3v) is 7.89. The standard InChI is InChI=1S/C30H28N2O6S/c1-22-7-14-27(15-8-22)39(34,35)32(20-23-5-3-2-4-6-23)25-10-12-26(13-11-25)38-21-30(33)31-24-9-16-28-29(19-24)37-18-17-36-28/h2-16,19H,17-18,20-21H2,1H3,(H,31,33). The van der Waals surface area contributed by atoms with Crippen molar-refractivity contribution in [1.29, 1.82) is 0 Å². The number of rotatable bonds is 9. The van der Waals surface area contributed by atoms with Crippen molar-refractivity contribution in [3.05, 3.63) is 108 Å². The van der Waals surface area contributed by atoms with Gasteiger partial charge in [0.15, 0.2) is 18.1 Å². The van der Waals surface area contributed by atoms with Crippen LogP contribution in [0.3, 0.4) is 0 Å². The molecule has 9 heteroatoms. The topological polar surface area (TPSA) is 94.2 Å². The number of nitrogens with one attached hydrogen (secondary N) is 1. The first kappa shape index (κ1) is 26.1. The molecule has 0 unspecified atom stereocenters. The van der Waals surface area contributed by atoms with Gasteiger partial charge in [-0.1, -0.05) is 48.0 Å². The molecule has 0 saturated carbocycles. The molecule has 1 aliphatic heterocycles. The molecule has 0 saturated heterocycles. The predicted octanol–water partition coefficient (Wildman–Crippen LogP) is 5.18. The largest absolute Gasteiger partial charge is 0.486 e. The van der Waals surface area contributed by atoms with Gasteiger partial charge in [-0.15, -0.1) is 0 Å². The number of hydrogen-bond acceptors (Lipinski definition) is 6. The minimum atomic E-state index is -3.84. The molecule has 0 radical (unpaired) electrons. The molecule has 5 rings (SSSR count). The highest BCUT2D eigenvalue weighted by Crippen LogP contribution is 2.32. The Hall–Kier alpha value is -4.50. The van der Waals surface area contributed by atoms with E-state index in [2.05, 4.69) is 5.32 Å². The van der Waals surface area contributed by atoms with Crippen LogP contribution >= 0.6 is 0 Å². The summed E-state index contributed by atoms with van der Waals surface area (Å²) in [5, 5.41) is 2.77. The lowest BCUT2D eigenvalue weighted by atomic mass is 10.2. The number of fused-ring (bicyclic) bond motifs is 1. The Morgan fingerprint density at radius 1 is 0.872 bits per heavy atom. The fraction of sp³-hybridized carbons (Fsp3) is 0.167. The molecule has 8 nitrogen and oxygen atoms in total. The monoisotopic (exact) mass is 544 g/mol. The second-order valence-electron chi connectivity index (χ2n) is 9.00. The van der Waals surface area contributed by atoms with Crippen LogP contribution in [-0.2, 0) is 21.4 Å². The van der Waals surface area contributed by atoms with Gasteiger partial charge in [0.25, 0.3) is 15.9 Å². The molecule has 4 aromatic carbocycles. The van der Waals surface area contributed by atoms with Gasteiger partial charge in [0.2, 0.25) is 0 Å². The van der Waals surface area contributed by atoms with E-state index in [-0.39, 0.29) is 24.0 Å². The summed E-state index contributed by atoms with van der Waals surface area (Å²) in [5.74, 6) is 1.31. The number of anilines is 2. The van der Waals surface area contributed by atoms with Gasteiger partial charge in [-0.25, -0.2) is 8.42 Å². The fourth-order valence-electron chi connectivity index (χ4n) is 4.08. The van der Waals surface area contributed by atoms with Crippen LogP contribution < -0.4 is 23.8 Å². The number of hydrogen-bond donors (Lipinski definition) is 1. The van der Waals surface area contributed by atoms with Gasteiger partial charge in [0.1, 0.15) is 19.0 Å². The molecular weight excluding hydrogens is 516 g/mol. The van der Waals surface area contributed by atoms with Gasteiger partial charge in [0, 0.05) is 11.8 Å². The number of nitrogens with zero attached hydrogens (tertiary/aromatic N) is 1. The average molecular weight is 545 g/mol. The summed E-state index contributed by atoms with van der Waals surface area (Å²) < 4.78 is 45.3. The Morgan fingerprint density at radius 2 is 1.56 bits per heavy atom. The molecule has 0 atom stereocenters. The number of carbonyl (C=O) groups is 1. The van der Waals surface area contributed by atoms with Crippen LogP contribution in [0.5, 0.6) is 17.2 Å². The maximum Gasteiger partial charge on any atom is 0.264 e. The maximum absolute atomic E-state index is 13.6. The molecule has 0 aromatic heterocycles. The number of amides is 1. The van der Waals surface area contributed by atoms with Crippen molar-refractivity contribution in [2.75, 3.05) is 29.4 Å². The highest BCUT2D eigenvalue weighted by Gasteiger charge is 2.25. The van der Waals surface area contributed by atoms with Crippen LogP contribution in [0.1, 0.15) is 11.1 Å². The van der Waals surface area contributed by atoms with E-state index in [9.17, 15) is 13.2 Å². The first-order chi connectivity index (χ1) is 18.9. The summed E-state index contributed by atoms with van der Waals surface area (Å²) >= 11 is 0. The van der Waals surface area contributed by atoms with E-state index < -0.39 is 10.0 Å². The Morgan fingerprint density at radius 3 is 2.28 bits per heavy atom. The summed E-state index contributed by atoms with van der Waals surface area (Å²) in [6.07, 6.45) is 0. The quantitative estimate of drug-likeness (QED) is 0.312. The Labute approximate surface area is 227 Å². The molecule has 4 aromatic rings. The first-order valence-electron chi connectivity index (χ1n) is 12.4. The third-order valence-electron chi connectivity index (χ3n) is 6.10. The summed E-state index contributed by atoms with van der Waals surface area (Å²) in [6.45, 7) is 2.80. The van der Waals surface area contributed by atoms with E-state index in [1.54, 1.807) is 66.7 Å². The van der Waals surface area contributed by atoms with Crippen LogP contribution in [0.15, 0.2) is 102 Å². The van der Waals surface area contributed by atoms with Gasteiger partial charge in [0.05, 0.1) is 17.1 Å². The Bertz CT molecular complexity index is 1540. The van der Waals surface area contributed by atoms with Gasteiger partial charge in [-0.2, -0.15) is 0 Å². The van der Waals surface area contributed by atoms with Crippen molar-refractivity contribution in [3.63, 3.8) is 0 Å². The van der Waals surface area contributed by atoms with E-state index in [1.807, 2.05) is 37.3 Å². The van der Waals surface area contributed by atoms with Gasteiger partial charge < -0.3 is 19.5 Å². The number of aryl methyl sites for hydroxylation is 1. The van der Waals surface area contributed by atoms with Crippen molar-refractivity contribution in [1.82, 2.24) is 0 Å². The second-order valence-corrected chi connectivity index (χ2v) is 10.9. The number of carbonyl (C=O) groups excluding carboxylic acids is 1. The predicted molar refractivity (Wildman–Crippen MR) is 149 cm³/mol. The molecule has 39 heavy (non-hydrogen) atoms. The second kappa shape index (κ2) is 11.5. The number of ether oxygens (including phenoxy) is 3. The third kappa shape index (κ3) is 6.32. The highest BCUT2D eigenvalue weighted by atomic mass is 32.2. The highest BCUT2D eigenvalue weighted by molar-refractivity contribution is 7.92. The van der Waals surface area contributed by atoms with Crippen LogP contribution in [0.25, 0.3) is 0 Å². The molecule has 0 aliphatic carbocycles. The molecule has 0 bridgehead atoms. The molecule has 1 aliphatic rings. The lowest BCUT2D eigenvalue weighted by Crippen LogP contribution is -2.30. The van der Waals surface area contributed by atoms with Crippen LogP contribution in [0.2, 0.25) is 0 Å². The first-order valence-corrected chi connectivity index (χ1v) is 13.9. The minimum absolute atomic E-state index is 0.162. The molecule has 1 N–H and O–H groups in total. The smallest absolute Gasteiger partial charge is 0.264 e. The summed E-state index contributed by atoms with van der Waals surface area (Å²) in [7, 11) is -3.84. The minimum Gasteiger partial charge on any atom is -0.486 e. The summed E-state index contributed by atoms with van der Waals surface area (Å²) in [4.78, 5) is 12.7.